The van der Waals surface area contributed by atoms with Crippen LogP contribution in [0, 0.1) is 6.92 Å². The Kier molecular flexibility index (Phi) is 4.69. The molecule has 2 aromatic rings. The van der Waals surface area contributed by atoms with E-state index in [1.54, 1.807) is 6.33 Å². The summed E-state index contributed by atoms with van der Waals surface area (Å²) in [5.41, 5.74) is 7.97. The van der Waals surface area contributed by atoms with Crippen molar-refractivity contribution in [2.75, 3.05) is 23.7 Å². The second-order valence-electron chi connectivity index (χ2n) is 4.28. The van der Waals surface area contributed by atoms with Gasteiger partial charge in [-0.1, -0.05) is 24.3 Å². The van der Waals surface area contributed by atoms with Gasteiger partial charge in [-0.3, -0.25) is 0 Å². The summed E-state index contributed by atoms with van der Waals surface area (Å²) in [6, 6.07) is 10.2. The summed E-state index contributed by atoms with van der Waals surface area (Å²) in [5, 5.41) is 6.42. The van der Waals surface area contributed by atoms with Crippen molar-refractivity contribution in [1.29, 1.82) is 0 Å². The van der Waals surface area contributed by atoms with Crippen molar-refractivity contribution in [2.45, 2.75) is 13.5 Å². The van der Waals surface area contributed by atoms with Crippen LogP contribution >= 0.6 is 0 Å². The molecule has 0 aliphatic heterocycles. The topological polar surface area (TPSA) is 75.9 Å². The first-order chi connectivity index (χ1) is 9.29. The average molecular weight is 257 g/mol. The van der Waals surface area contributed by atoms with Gasteiger partial charge in [0, 0.05) is 25.7 Å². The predicted molar refractivity (Wildman–Crippen MR) is 78.1 cm³/mol. The zero-order chi connectivity index (χ0) is 13.5. The Bertz CT molecular complexity index is 527. The van der Waals surface area contributed by atoms with E-state index in [0.717, 1.165) is 18.2 Å². The fourth-order valence-corrected chi connectivity index (χ4v) is 1.75. The molecule has 0 saturated carbocycles. The molecule has 0 bridgehead atoms. The third kappa shape index (κ3) is 3.93. The standard InChI is InChI=1S/C14H19N5/c1-11-4-2-3-5-12(11)9-17-14-8-13(16-7-6-15)18-10-19-14/h2-5,8,10H,6-7,9,15H2,1H3,(H2,16,17,18,19). The average Bonchev–Trinajstić information content (AvgIpc) is 2.45. The molecule has 0 fully saturated rings. The van der Waals surface area contributed by atoms with Crippen LogP contribution < -0.4 is 16.4 Å². The molecule has 5 nitrogen and oxygen atoms in total. The largest absolute Gasteiger partial charge is 0.369 e. The highest BCUT2D eigenvalue weighted by atomic mass is 15.1. The number of aromatic nitrogens is 2. The Labute approximate surface area is 113 Å². The minimum atomic E-state index is 0.579. The van der Waals surface area contributed by atoms with Crippen LogP contribution in [0.5, 0.6) is 0 Å². The summed E-state index contributed by atoms with van der Waals surface area (Å²) in [6.07, 6.45) is 1.54. The predicted octanol–water partition coefficient (Wildman–Crippen LogP) is 1.77. The number of nitrogens with zero attached hydrogens (tertiary/aromatic N) is 2. The maximum absolute atomic E-state index is 5.44. The number of aryl methyl sites for hydroxylation is 1. The molecule has 5 heteroatoms. The lowest BCUT2D eigenvalue weighted by Crippen LogP contribution is -2.14. The van der Waals surface area contributed by atoms with Crippen molar-refractivity contribution in [3.63, 3.8) is 0 Å². The summed E-state index contributed by atoms with van der Waals surface area (Å²) >= 11 is 0. The molecule has 0 atom stereocenters. The van der Waals surface area contributed by atoms with Crippen molar-refractivity contribution in [1.82, 2.24) is 9.97 Å². The van der Waals surface area contributed by atoms with E-state index in [1.807, 2.05) is 18.2 Å². The molecule has 1 heterocycles. The number of nitrogens with one attached hydrogen (secondary N) is 2. The van der Waals surface area contributed by atoms with E-state index < -0.39 is 0 Å². The molecule has 0 radical (unpaired) electrons. The van der Waals surface area contributed by atoms with Gasteiger partial charge in [0.05, 0.1) is 0 Å². The Balaban J connectivity index is 1.98. The van der Waals surface area contributed by atoms with Crippen LogP contribution in [0.3, 0.4) is 0 Å². The first kappa shape index (κ1) is 13.3. The Hall–Kier alpha value is -2.14. The molecule has 0 aliphatic rings. The summed E-state index contributed by atoms with van der Waals surface area (Å²) in [6.45, 7) is 4.13. The Morgan fingerprint density at radius 2 is 1.84 bits per heavy atom. The van der Waals surface area contributed by atoms with Crippen molar-refractivity contribution < 1.29 is 0 Å². The van der Waals surface area contributed by atoms with Crippen LogP contribution in [0.15, 0.2) is 36.7 Å². The molecule has 19 heavy (non-hydrogen) atoms. The van der Waals surface area contributed by atoms with Crippen LogP contribution in [0.1, 0.15) is 11.1 Å². The second-order valence-corrected chi connectivity index (χ2v) is 4.28. The van der Waals surface area contributed by atoms with E-state index in [9.17, 15) is 0 Å². The van der Waals surface area contributed by atoms with Crippen molar-refractivity contribution in [3.05, 3.63) is 47.8 Å². The fourth-order valence-electron chi connectivity index (χ4n) is 1.75. The first-order valence-electron chi connectivity index (χ1n) is 6.34. The zero-order valence-corrected chi connectivity index (χ0v) is 11.1. The van der Waals surface area contributed by atoms with E-state index >= 15 is 0 Å². The molecule has 0 saturated heterocycles. The smallest absolute Gasteiger partial charge is 0.131 e. The van der Waals surface area contributed by atoms with Crippen molar-refractivity contribution in [2.24, 2.45) is 5.73 Å². The molecule has 4 N–H and O–H groups in total. The lowest BCUT2D eigenvalue weighted by molar-refractivity contribution is 1.000. The molecule has 0 unspecified atom stereocenters. The normalized spacial score (nSPS) is 10.2. The van der Waals surface area contributed by atoms with E-state index in [0.29, 0.717) is 13.1 Å². The highest BCUT2D eigenvalue weighted by Gasteiger charge is 2.00. The number of rotatable bonds is 6. The molecular weight excluding hydrogens is 238 g/mol. The maximum Gasteiger partial charge on any atom is 0.131 e. The molecule has 1 aromatic heterocycles. The third-order valence-electron chi connectivity index (χ3n) is 2.84. The molecular formula is C14H19N5. The number of hydrogen-bond donors (Lipinski definition) is 3. The van der Waals surface area contributed by atoms with Gasteiger partial charge >= 0.3 is 0 Å². The quantitative estimate of drug-likeness (QED) is 0.735. The van der Waals surface area contributed by atoms with Gasteiger partial charge in [-0.2, -0.15) is 0 Å². The first-order valence-corrected chi connectivity index (χ1v) is 6.34. The van der Waals surface area contributed by atoms with Gasteiger partial charge in [0.15, 0.2) is 0 Å². The van der Waals surface area contributed by atoms with Crippen LogP contribution in [0.4, 0.5) is 11.6 Å². The summed E-state index contributed by atoms with van der Waals surface area (Å²) in [5.74, 6) is 1.59. The van der Waals surface area contributed by atoms with E-state index in [4.69, 9.17) is 5.73 Å². The third-order valence-corrected chi connectivity index (χ3v) is 2.84. The van der Waals surface area contributed by atoms with Gasteiger partial charge in [0.25, 0.3) is 0 Å². The number of benzene rings is 1. The zero-order valence-electron chi connectivity index (χ0n) is 11.1. The highest BCUT2D eigenvalue weighted by molar-refractivity contribution is 5.47. The van der Waals surface area contributed by atoms with E-state index in [2.05, 4.69) is 39.7 Å². The SMILES string of the molecule is Cc1ccccc1CNc1cc(NCCN)ncn1. The Morgan fingerprint density at radius 1 is 1.11 bits per heavy atom. The molecule has 0 spiro atoms. The van der Waals surface area contributed by atoms with Gasteiger partial charge in [-0.05, 0) is 18.1 Å². The van der Waals surface area contributed by atoms with Gasteiger partial charge in [-0.25, -0.2) is 9.97 Å². The molecule has 1 aromatic carbocycles. The van der Waals surface area contributed by atoms with Gasteiger partial charge in [0.2, 0.25) is 0 Å². The van der Waals surface area contributed by atoms with Gasteiger partial charge in [-0.15, -0.1) is 0 Å². The molecule has 0 amide bonds. The summed E-state index contributed by atoms with van der Waals surface area (Å²) in [4.78, 5) is 8.33. The molecule has 0 aliphatic carbocycles. The van der Waals surface area contributed by atoms with Gasteiger partial charge in [0.1, 0.15) is 18.0 Å². The number of anilines is 2. The lowest BCUT2D eigenvalue weighted by atomic mass is 10.1. The van der Waals surface area contributed by atoms with Gasteiger partial charge < -0.3 is 16.4 Å². The monoisotopic (exact) mass is 257 g/mol. The minimum absolute atomic E-state index is 0.579. The van der Waals surface area contributed by atoms with Crippen molar-refractivity contribution >= 4 is 11.6 Å². The molecule has 100 valence electrons. The van der Waals surface area contributed by atoms with Crippen LogP contribution in [-0.2, 0) is 6.54 Å². The summed E-state index contributed by atoms with van der Waals surface area (Å²) < 4.78 is 0. The lowest BCUT2D eigenvalue weighted by Gasteiger charge is -2.09. The van der Waals surface area contributed by atoms with Crippen molar-refractivity contribution in [3.8, 4) is 0 Å². The maximum atomic E-state index is 5.44. The highest BCUT2D eigenvalue weighted by Crippen LogP contribution is 2.12. The number of nitrogens with two attached hydrogens (primary N) is 1. The van der Waals surface area contributed by atoms with Crippen LogP contribution in [0.25, 0.3) is 0 Å². The minimum Gasteiger partial charge on any atom is -0.369 e. The van der Waals surface area contributed by atoms with Crippen LogP contribution in [-0.4, -0.2) is 23.1 Å². The molecule has 2 rings (SSSR count). The Morgan fingerprint density at radius 3 is 2.58 bits per heavy atom. The van der Waals surface area contributed by atoms with E-state index in [-0.39, 0.29) is 0 Å². The van der Waals surface area contributed by atoms with Crippen LogP contribution in [0.2, 0.25) is 0 Å². The summed E-state index contributed by atoms with van der Waals surface area (Å²) in [7, 11) is 0. The second kappa shape index (κ2) is 6.70. The number of hydrogen-bond acceptors (Lipinski definition) is 5. The fraction of sp³-hybridized carbons (Fsp3) is 0.286. The van der Waals surface area contributed by atoms with E-state index in [1.165, 1.54) is 11.1 Å².